The molecule has 0 radical (unpaired) electrons. The van der Waals surface area contributed by atoms with Crippen LogP contribution in [0.3, 0.4) is 0 Å². The Balaban J connectivity index is 2.57. The van der Waals surface area contributed by atoms with Crippen molar-refractivity contribution in [3.63, 3.8) is 0 Å². The van der Waals surface area contributed by atoms with E-state index >= 15 is 0 Å². The van der Waals surface area contributed by atoms with Crippen LogP contribution in [0.4, 0.5) is 0 Å². The quantitative estimate of drug-likeness (QED) is 0.786. The predicted molar refractivity (Wildman–Crippen MR) is 70.4 cm³/mol. The van der Waals surface area contributed by atoms with Crippen molar-refractivity contribution >= 4 is 5.91 Å². The second-order valence-corrected chi connectivity index (χ2v) is 4.23. The van der Waals surface area contributed by atoms with E-state index in [-0.39, 0.29) is 11.9 Å². The highest BCUT2D eigenvalue weighted by atomic mass is 16.5. The molecule has 18 heavy (non-hydrogen) atoms. The number of nitrogens with one attached hydrogen (secondary N) is 1. The third-order valence-corrected chi connectivity index (χ3v) is 2.72. The minimum Gasteiger partial charge on any atom is -0.479 e. The summed E-state index contributed by atoms with van der Waals surface area (Å²) in [5.74, 6) is 0.423. The van der Waals surface area contributed by atoms with Crippen molar-refractivity contribution in [2.45, 2.75) is 38.8 Å². The summed E-state index contributed by atoms with van der Waals surface area (Å²) in [5, 5.41) is 2.53. The van der Waals surface area contributed by atoms with E-state index in [0.29, 0.717) is 5.75 Å². The number of hydrogen-bond acceptors (Lipinski definition) is 4. The highest BCUT2D eigenvalue weighted by Gasteiger charge is 2.12. The molecule has 100 valence electrons. The molecule has 3 N–H and O–H groups in total. The normalized spacial score (nSPS) is 13.8. The summed E-state index contributed by atoms with van der Waals surface area (Å²) in [5.41, 5.74) is 6.79. The van der Waals surface area contributed by atoms with Crippen LogP contribution in [0.15, 0.2) is 18.3 Å². The number of nitrogens with two attached hydrogens (primary N) is 1. The molecule has 0 saturated carbocycles. The number of rotatable bonds is 6. The number of carbonyl (C=O) groups is 1. The maximum absolute atomic E-state index is 11.3. The first-order valence-electron chi connectivity index (χ1n) is 6.15. The second kappa shape index (κ2) is 6.96. The smallest absolute Gasteiger partial charge is 0.260 e. The zero-order valence-electron chi connectivity index (χ0n) is 11.1. The van der Waals surface area contributed by atoms with Crippen molar-refractivity contribution in [1.82, 2.24) is 10.3 Å². The highest BCUT2D eigenvalue weighted by molar-refractivity contribution is 5.80. The molecule has 0 aliphatic carbocycles. The zero-order chi connectivity index (χ0) is 13.5. The summed E-state index contributed by atoms with van der Waals surface area (Å²) >= 11 is 0. The molecule has 0 saturated heterocycles. The Kier molecular flexibility index (Phi) is 5.58. The molecule has 5 nitrogen and oxygen atoms in total. The highest BCUT2D eigenvalue weighted by Crippen LogP contribution is 2.12. The Morgan fingerprint density at radius 1 is 1.56 bits per heavy atom. The lowest BCUT2D eigenvalue weighted by Crippen LogP contribution is -2.33. The Morgan fingerprint density at radius 2 is 2.28 bits per heavy atom. The number of hydrogen-bond donors (Lipinski definition) is 2. The number of likely N-dealkylation sites (N-methyl/N-ethyl adjacent to an activating group) is 1. The van der Waals surface area contributed by atoms with Crippen molar-refractivity contribution < 1.29 is 9.53 Å². The molecule has 1 aromatic rings. The number of amides is 1. The van der Waals surface area contributed by atoms with Gasteiger partial charge in [-0.05, 0) is 25.5 Å². The van der Waals surface area contributed by atoms with Gasteiger partial charge in [0.25, 0.3) is 5.91 Å². The fourth-order valence-corrected chi connectivity index (χ4v) is 1.48. The summed E-state index contributed by atoms with van der Waals surface area (Å²) in [6, 6.07) is 3.82. The van der Waals surface area contributed by atoms with Gasteiger partial charge in [0.2, 0.25) is 0 Å². The number of aromatic nitrogens is 1. The van der Waals surface area contributed by atoms with Gasteiger partial charge in [-0.2, -0.15) is 0 Å². The number of ether oxygens (including phenoxy) is 1. The first-order valence-corrected chi connectivity index (χ1v) is 6.15. The molecule has 0 aliphatic rings. The van der Waals surface area contributed by atoms with E-state index in [9.17, 15) is 4.79 Å². The first kappa shape index (κ1) is 14.4. The zero-order valence-corrected chi connectivity index (χ0v) is 11.1. The van der Waals surface area contributed by atoms with Crippen LogP contribution in [0.5, 0.6) is 5.75 Å². The summed E-state index contributed by atoms with van der Waals surface area (Å²) < 4.78 is 5.45. The van der Waals surface area contributed by atoms with Crippen LogP contribution >= 0.6 is 0 Å². The van der Waals surface area contributed by atoms with Crippen molar-refractivity contribution in [2.24, 2.45) is 5.73 Å². The van der Waals surface area contributed by atoms with Gasteiger partial charge in [0.05, 0.1) is 6.20 Å². The van der Waals surface area contributed by atoms with Gasteiger partial charge in [0.1, 0.15) is 5.75 Å². The van der Waals surface area contributed by atoms with E-state index in [1.165, 1.54) is 0 Å². The third-order valence-electron chi connectivity index (χ3n) is 2.72. The van der Waals surface area contributed by atoms with Crippen LogP contribution in [0, 0.1) is 0 Å². The molecule has 2 atom stereocenters. The van der Waals surface area contributed by atoms with Crippen molar-refractivity contribution in [3.8, 4) is 5.75 Å². The predicted octanol–water partition coefficient (Wildman–Crippen LogP) is 0.875. The lowest BCUT2D eigenvalue weighted by molar-refractivity contribution is -0.126. The molecule has 0 bridgehead atoms. The largest absolute Gasteiger partial charge is 0.479 e. The number of pyridine rings is 1. The van der Waals surface area contributed by atoms with Gasteiger partial charge >= 0.3 is 0 Å². The van der Waals surface area contributed by atoms with Crippen LogP contribution < -0.4 is 15.8 Å². The molecular weight excluding hydrogens is 230 g/mol. The molecule has 5 heteroatoms. The summed E-state index contributed by atoms with van der Waals surface area (Å²) in [7, 11) is 1.58. The van der Waals surface area contributed by atoms with E-state index < -0.39 is 6.10 Å². The maximum atomic E-state index is 11.3. The fraction of sp³-hybridized carbons (Fsp3) is 0.538. The van der Waals surface area contributed by atoms with E-state index in [2.05, 4.69) is 10.3 Å². The summed E-state index contributed by atoms with van der Waals surface area (Å²) in [6.45, 7) is 3.74. The molecule has 2 unspecified atom stereocenters. The van der Waals surface area contributed by atoms with Gasteiger partial charge < -0.3 is 15.8 Å². The van der Waals surface area contributed by atoms with E-state index in [1.54, 1.807) is 20.2 Å². The Labute approximate surface area is 108 Å². The Hall–Kier alpha value is -1.62. The molecule has 1 rings (SSSR count). The Morgan fingerprint density at radius 3 is 2.78 bits per heavy atom. The Bertz CT molecular complexity index is 378. The van der Waals surface area contributed by atoms with E-state index in [4.69, 9.17) is 10.5 Å². The van der Waals surface area contributed by atoms with E-state index in [0.717, 1.165) is 18.5 Å². The van der Waals surface area contributed by atoms with Gasteiger partial charge in [-0.1, -0.05) is 6.92 Å². The minimum atomic E-state index is -0.527. The molecule has 0 fully saturated rings. The van der Waals surface area contributed by atoms with Crippen LogP contribution in [0.1, 0.15) is 26.0 Å². The van der Waals surface area contributed by atoms with Crippen molar-refractivity contribution in [1.29, 1.82) is 0 Å². The monoisotopic (exact) mass is 251 g/mol. The molecule has 0 aromatic carbocycles. The van der Waals surface area contributed by atoms with Gasteiger partial charge in [-0.25, -0.2) is 0 Å². The molecular formula is C13H21N3O2. The average molecular weight is 251 g/mol. The van der Waals surface area contributed by atoms with Gasteiger partial charge in [0.15, 0.2) is 6.10 Å². The lowest BCUT2D eigenvalue weighted by Gasteiger charge is -2.13. The first-order chi connectivity index (χ1) is 8.56. The van der Waals surface area contributed by atoms with E-state index in [1.807, 2.05) is 19.1 Å². The van der Waals surface area contributed by atoms with Gasteiger partial charge in [0, 0.05) is 25.2 Å². The van der Waals surface area contributed by atoms with Crippen molar-refractivity contribution in [3.05, 3.63) is 24.0 Å². The average Bonchev–Trinajstić information content (AvgIpc) is 2.39. The SMILES string of the molecule is CCC(N)Cc1ccc(OC(C)C(=O)NC)cn1. The van der Waals surface area contributed by atoms with Crippen LogP contribution in [-0.2, 0) is 11.2 Å². The molecule has 1 amide bonds. The summed E-state index contributed by atoms with van der Waals surface area (Å²) in [4.78, 5) is 15.6. The third kappa shape index (κ3) is 4.33. The van der Waals surface area contributed by atoms with Crippen LogP contribution in [0.2, 0.25) is 0 Å². The fourth-order valence-electron chi connectivity index (χ4n) is 1.48. The molecule has 0 spiro atoms. The summed E-state index contributed by atoms with van der Waals surface area (Å²) in [6.07, 6.45) is 2.77. The molecule has 1 aromatic heterocycles. The standard InChI is InChI=1S/C13H21N3O2/c1-4-10(14)7-11-5-6-12(8-16-11)18-9(2)13(17)15-3/h5-6,8-10H,4,7,14H2,1-3H3,(H,15,17). The second-order valence-electron chi connectivity index (χ2n) is 4.23. The van der Waals surface area contributed by atoms with Gasteiger partial charge in [-0.15, -0.1) is 0 Å². The lowest BCUT2D eigenvalue weighted by atomic mass is 10.1. The number of nitrogens with zero attached hydrogens (tertiary/aromatic N) is 1. The molecule has 0 aliphatic heterocycles. The van der Waals surface area contributed by atoms with Crippen LogP contribution in [0.25, 0.3) is 0 Å². The number of carbonyl (C=O) groups excluding carboxylic acids is 1. The maximum Gasteiger partial charge on any atom is 0.260 e. The molecule has 1 heterocycles. The van der Waals surface area contributed by atoms with Gasteiger partial charge in [-0.3, -0.25) is 9.78 Å². The van der Waals surface area contributed by atoms with Crippen LogP contribution in [-0.4, -0.2) is 30.1 Å². The van der Waals surface area contributed by atoms with Crippen molar-refractivity contribution in [2.75, 3.05) is 7.05 Å². The minimum absolute atomic E-state index is 0.133. The topological polar surface area (TPSA) is 77.2 Å².